The lowest BCUT2D eigenvalue weighted by Gasteiger charge is -2.35. The van der Waals surface area contributed by atoms with Crippen molar-refractivity contribution in [1.29, 1.82) is 0 Å². The average Bonchev–Trinajstić information content (AvgIpc) is 2.30. The van der Waals surface area contributed by atoms with Crippen molar-refractivity contribution in [3.8, 4) is 0 Å². The second-order valence-corrected chi connectivity index (χ2v) is 5.45. The van der Waals surface area contributed by atoms with Gasteiger partial charge < -0.3 is 9.64 Å². The second-order valence-electron chi connectivity index (χ2n) is 4.60. The number of carbonyl (C=O) groups is 1. The summed E-state index contributed by atoms with van der Waals surface area (Å²) in [5.41, 5.74) is 0.372. The number of ether oxygens (including phenoxy) is 1. The van der Waals surface area contributed by atoms with Gasteiger partial charge in [0, 0.05) is 18.7 Å². The quantitative estimate of drug-likeness (QED) is 0.797. The standard InChI is InChI=1S/C13H15BrFNO2/c1-8-6-16(7-9(2)18-8)13(17)10-3-4-11(14)12(15)5-10/h3-5,8-9H,6-7H2,1-2H3. The summed E-state index contributed by atoms with van der Waals surface area (Å²) in [6.45, 7) is 4.94. The fourth-order valence-electron chi connectivity index (χ4n) is 2.16. The first-order chi connectivity index (χ1) is 8.47. The van der Waals surface area contributed by atoms with Gasteiger partial charge in [0.25, 0.3) is 5.91 Å². The third kappa shape index (κ3) is 2.90. The van der Waals surface area contributed by atoms with Crippen LogP contribution < -0.4 is 0 Å². The van der Waals surface area contributed by atoms with Crippen LogP contribution in [0.2, 0.25) is 0 Å². The average molecular weight is 316 g/mol. The fourth-order valence-corrected chi connectivity index (χ4v) is 2.40. The summed E-state index contributed by atoms with van der Waals surface area (Å²) >= 11 is 3.07. The number of carbonyl (C=O) groups excluding carboxylic acids is 1. The highest BCUT2D eigenvalue weighted by Crippen LogP contribution is 2.19. The van der Waals surface area contributed by atoms with Crippen molar-refractivity contribution in [2.24, 2.45) is 0 Å². The van der Waals surface area contributed by atoms with Gasteiger partial charge in [0.1, 0.15) is 5.82 Å². The Kier molecular flexibility index (Phi) is 4.02. The zero-order chi connectivity index (χ0) is 13.3. The Morgan fingerprint density at radius 1 is 1.39 bits per heavy atom. The molecule has 0 aliphatic carbocycles. The molecule has 18 heavy (non-hydrogen) atoms. The maximum atomic E-state index is 13.4. The van der Waals surface area contributed by atoms with Gasteiger partial charge in [-0.1, -0.05) is 0 Å². The third-order valence-corrected chi connectivity index (χ3v) is 3.52. The van der Waals surface area contributed by atoms with Crippen LogP contribution in [-0.4, -0.2) is 36.1 Å². The Bertz CT molecular complexity index is 456. The van der Waals surface area contributed by atoms with Crippen LogP contribution in [0.4, 0.5) is 4.39 Å². The Morgan fingerprint density at radius 2 is 2.00 bits per heavy atom. The van der Waals surface area contributed by atoms with Crippen LogP contribution >= 0.6 is 15.9 Å². The first kappa shape index (κ1) is 13.5. The SMILES string of the molecule is CC1CN(C(=O)c2ccc(Br)c(F)c2)CC(C)O1. The molecule has 1 amide bonds. The van der Waals surface area contributed by atoms with Crippen molar-refractivity contribution in [2.45, 2.75) is 26.1 Å². The highest BCUT2D eigenvalue weighted by atomic mass is 79.9. The number of nitrogens with zero attached hydrogens (tertiary/aromatic N) is 1. The van der Waals surface area contributed by atoms with E-state index in [-0.39, 0.29) is 18.1 Å². The van der Waals surface area contributed by atoms with E-state index in [0.29, 0.717) is 23.1 Å². The number of morpholine rings is 1. The maximum absolute atomic E-state index is 13.4. The van der Waals surface area contributed by atoms with Crippen LogP contribution in [0.25, 0.3) is 0 Å². The zero-order valence-electron chi connectivity index (χ0n) is 10.3. The zero-order valence-corrected chi connectivity index (χ0v) is 11.9. The van der Waals surface area contributed by atoms with Crippen LogP contribution in [-0.2, 0) is 4.74 Å². The number of halogens is 2. The molecule has 0 spiro atoms. The number of rotatable bonds is 1. The van der Waals surface area contributed by atoms with Crippen molar-refractivity contribution >= 4 is 21.8 Å². The van der Waals surface area contributed by atoms with Gasteiger partial charge in [0.15, 0.2) is 0 Å². The van der Waals surface area contributed by atoms with Gasteiger partial charge >= 0.3 is 0 Å². The molecule has 98 valence electrons. The van der Waals surface area contributed by atoms with E-state index < -0.39 is 5.82 Å². The van der Waals surface area contributed by atoms with E-state index in [1.807, 2.05) is 13.8 Å². The minimum Gasteiger partial charge on any atom is -0.372 e. The number of amides is 1. The van der Waals surface area contributed by atoms with E-state index in [1.165, 1.54) is 6.07 Å². The first-order valence-electron chi connectivity index (χ1n) is 5.87. The molecule has 0 saturated carbocycles. The molecule has 1 fully saturated rings. The molecular weight excluding hydrogens is 301 g/mol. The minimum absolute atomic E-state index is 0.0120. The summed E-state index contributed by atoms with van der Waals surface area (Å²) in [5.74, 6) is -0.571. The molecule has 1 aromatic carbocycles. The molecule has 0 aromatic heterocycles. The Balaban J connectivity index is 2.17. The van der Waals surface area contributed by atoms with Crippen LogP contribution in [0.1, 0.15) is 24.2 Å². The van der Waals surface area contributed by atoms with Crippen LogP contribution in [0.3, 0.4) is 0 Å². The Labute approximate surface area is 114 Å². The predicted octanol–water partition coefficient (Wildman–Crippen LogP) is 2.84. The Hall–Kier alpha value is -0.940. The molecule has 0 N–H and O–H groups in total. The molecule has 1 aromatic rings. The molecule has 2 unspecified atom stereocenters. The first-order valence-corrected chi connectivity index (χ1v) is 6.66. The molecule has 1 aliphatic heterocycles. The van der Waals surface area contributed by atoms with Gasteiger partial charge in [-0.3, -0.25) is 4.79 Å². The molecule has 1 aliphatic rings. The van der Waals surface area contributed by atoms with Gasteiger partial charge in [-0.15, -0.1) is 0 Å². The monoisotopic (exact) mass is 315 g/mol. The van der Waals surface area contributed by atoms with Crippen molar-refractivity contribution in [1.82, 2.24) is 4.90 Å². The lowest BCUT2D eigenvalue weighted by Crippen LogP contribution is -2.48. The molecule has 1 saturated heterocycles. The van der Waals surface area contributed by atoms with Gasteiger partial charge in [-0.25, -0.2) is 4.39 Å². The molecule has 2 rings (SSSR count). The summed E-state index contributed by atoms with van der Waals surface area (Å²) in [4.78, 5) is 14.0. The van der Waals surface area contributed by atoms with Gasteiger partial charge in [-0.2, -0.15) is 0 Å². The summed E-state index contributed by atoms with van der Waals surface area (Å²) < 4.78 is 19.4. The van der Waals surface area contributed by atoms with Crippen molar-refractivity contribution in [2.75, 3.05) is 13.1 Å². The van der Waals surface area contributed by atoms with Crippen LogP contribution in [0.15, 0.2) is 22.7 Å². The summed E-state index contributed by atoms with van der Waals surface area (Å²) in [5, 5.41) is 0. The van der Waals surface area contributed by atoms with Crippen LogP contribution in [0, 0.1) is 5.82 Å². The summed E-state index contributed by atoms with van der Waals surface area (Å²) in [7, 11) is 0. The topological polar surface area (TPSA) is 29.5 Å². The van der Waals surface area contributed by atoms with E-state index in [2.05, 4.69) is 15.9 Å². The normalized spacial score (nSPS) is 24.1. The van der Waals surface area contributed by atoms with Crippen LogP contribution in [0.5, 0.6) is 0 Å². The predicted molar refractivity (Wildman–Crippen MR) is 70.0 cm³/mol. The summed E-state index contributed by atoms with van der Waals surface area (Å²) in [6, 6.07) is 4.44. The molecule has 2 atom stereocenters. The number of hydrogen-bond donors (Lipinski definition) is 0. The largest absolute Gasteiger partial charge is 0.372 e. The van der Waals surface area contributed by atoms with Crippen molar-refractivity contribution in [3.63, 3.8) is 0 Å². The Morgan fingerprint density at radius 3 is 2.56 bits per heavy atom. The number of hydrogen-bond acceptors (Lipinski definition) is 2. The van der Waals surface area contributed by atoms with Gasteiger partial charge in [-0.05, 0) is 48.0 Å². The maximum Gasteiger partial charge on any atom is 0.254 e. The van der Waals surface area contributed by atoms with Crippen molar-refractivity contribution < 1.29 is 13.9 Å². The van der Waals surface area contributed by atoms with E-state index in [1.54, 1.807) is 17.0 Å². The van der Waals surface area contributed by atoms with Gasteiger partial charge in [0.2, 0.25) is 0 Å². The van der Waals surface area contributed by atoms with E-state index >= 15 is 0 Å². The number of benzene rings is 1. The van der Waals surface area contributed by atoms with E-state index in [0.717, 1.165) is 0 Å². The lowest BCUT2D eigenvalue weighted by molar-refractivity contribution is -0.0586. The molecule has 0 bridgehead atoms. The smallest absolute Gasteiger partial charge is 0.254 e. The summed E-state index contributed by atoms with van der Waals surface area (Å²) in [6.07, 6.45) is 0.0241. The van der Waals surface area contributed by atoms with Gasteiger partial charge in [0.05, 0.1) is 16.7 Å². The molecule has 5 heteroatoms. The second kappa shape index (κ2) is 5.36. The highest BCUT2D eigenvalue weighted by Gasteiger charge is 2.26. The van der Waals surface area contributed by atoms with Crippen molar-refractivity contribution in [3.05, 3.63) is 34.1 Å². The van der Waals surface area contributed by atoms with E-state index in [4.69, 9.17) is 4.74 Å². The molecule has 3 nitrogen and oxygen atoms in total. The molecular formula is C13H15BrFNO2. The lowest BCUT2D eigenvalue weighted by atomic mass is 10.1. The third-order valence-electron chi connectivity index (χ3n) is 2.87. The minimum atomic E-state index is -0.421. The molecule has 0 radical (unpaired) electrons. The highest BCUT2D eigenvalue weighted by molar-refractivity contribution is 9.10. The fraction of sp³-hybridized carbons (Fsp3) is 0.462. The molecule has 1 heterocycles. The van der Waals surface area contributed by atoms with E-state index in [9.17, 15) is 9.18 Å².